The minimum Gasteiger partial charge on any atom is -0.465 e. The fourth-order valence-corrected chi connectivity index (χ4v) is 4.41. The standard InChI is InChI=1S/C21H20BrNO2/c1-12-6-11-17(21(24)25-2)18-15-4-3-5-16(15)20(23-19(12)18)13-7-9-14(22)10-8-13/h3-4,6-11,15-16,20,23H,5H2,1-2H3. The van der Waals surface area contributed by atoms with Gasteiger partial charge in [0.25, 0.3) is 0 Å². The van der Waals surface area contributed by atoms with Gasteiger partial charge in [-0.25, -0.2) is 4.79 Å². The lowest BCUT2D eigenvalue weighted by molar-refractivity contribution is 0.0598. The summed E-state index contributed by atoms with van der Waals surface area (Å²) in [5, 5.41) is 3.73. The van der Waals surface area contributed by atoms with Crippen molar-refractivity contribution < 1.29 is 9.53 Å². The summed E-state index contributed by atoms with van der Waals surface area (Å²) in [5.41, 5.74) is 5.26. The fraction of sp³-hybridized carbons (Fsp3) is 0.286. The van der Waals surface area contributed by atoms with Crippen LogP contribution in [0.3, 0.4) is 0 Å². The molecule has 0 amide bonds. The first-order valence-corrected chi connectivity index (χ1v) is 9.30. The summed E-state index contributed by atoms with van der Waals surface area (Å²) in [5.74, 6) is 0.372. The van der Waals surface area contributed by atoms with Gasteiger partial charge in [0.1, 0.15) is 0 Å². The molecule has 4 heteroatoms. The van der Waals surface area contributed by atoms with Crippen molar-refractivity contribution in [2.45, 2.75) is 25.3 Å². The van der Waals surface area contributed by atoms with Crippen LogP contribution in [0.25, 0.3) is 0 Å². The zero-order chi connectivity index (χ0) is 17.6. The summed E-state index contributed by atoms with van der Waals surface area (Å²) in [6.45, 7) is 2.09. The van der Waals surface area contributed by atoms with Crippen molar-refractivity contribution in [3.05, 3.63) is 75.3 Å². The highest BCUT2D eigenvalue weighted by Crippen LogP contribution is 2.51. The first-order chi connectivity index (χ1) is 12.1. The van der Waals surface area contributed by atoms with Crippen molar-refractivity contribution in [1.29, 1.82) is 0 Å². The van der Waals surface area contributed by atoms with E-state index in [1.807, 2.05) is 12.1 Å². The lowest BCUT2D eigenvalue weighted by Gasteiger charge is -2.39. The van der Waals surface area contributed by atoms with Gasteiger partial charge in [-0.3, -0.25) is 0 Å². The molecule has 3 unspecified atom stereocenters. The molecule has 1 N–H and O–H groups in total. The van der Waals surface area contributed by atoms with Crippen molar-refractivity contribution in [3.63, 3.8) is 0 Å². The van der Waals surface area contributed by atoms with E-state index in [1.165, 1.54) is 12.7 Å². The van der Waals surface area contributed by atoms with Crippen LogP contribution in [0.15, 0.2) is 53.0 Å². The highest BCUT2D eigenvalue weighted by Gasteiger charge is 2.40. The maximum atomic E-state index is 12.3. The molecule has 2 aliphatic rings. The quantitative estimate of drug-likeness (QED) is 0.546. The van der Waals surface area contributed by atoms with E-state index >= 15 is 0 Å². The van der Waals surface area contributed by atoms with Crippen LogP contribution >= 0.6 is 15.9 Å². The van der Waals surface area contributed by atoms with Crippen molar-refractivity contribution in [2.24, 2.45) is 5.92 Å². The van der Waals surface area contributed by atoms with E-state index in [-0.39, 0.29) is 17.9 Å². The highest BCUT2D eigenvalue weighted by molar-refractivity contribution is 9.10. The van der Waals surface area contributed by atoms with Crippen molar-refractivity contribution in [1.82, 2.24) is 0 Å². The number of nitrogens with one attached hydrogen (secondary N) is 1. The Morgan fingerprint density at radius 1 is 1.20 bits per heavy atom. The Labute approximate surface area is 156 Å². The van der Waals surface area contributed by atoms with Gasteiger partial charge in [-0.05, 0) is 54.2 Å². The molecule has 4 rings (SSSR count). The van der Waals surface area contributed by atoms with Gasteiger partial charge in [0.2, 0.25) is 0 Å². The topological polar surface area (TPSA) is 38.3 Å². The molecule has 1 heterocycles. The number of halogens is 1. The van der Waals surface area contributed by atoms with Gasteiger partial charge in [0, 0.05) is 16.1 Å². The van der Waals surface area contributed by atoms with Crippen LogP contribution in [0.5, 0.6) is 0 Å². The average Bonchev–Trinajstić information content (AvgIpc) is 3.11. The average molecular weight is 398 g/mol. The van der Waals surface area contributed by atoms with Crippen LogP contribution in [0.1, 0.15) is 45.4 Å². The molecule has 0 saturated heterocycles. The Morgan fingerprint density at radius 2 is 1.96 bits per heavy atom. The third kappa shape index (κ3) is 2.69. The smallest absolute Gasteiger partial charge is 0.338 e. The number of hydrogen-bond donors (Lipinski definition) is 1. The molecule has 3 atom stereocenters. The number of rotatable bonds is 2. The number of benzene rings is 2. The Bertz CT molecular complexity index is 857. The predicted octanol–water partition coefficient (Wildman–Crippen LogP) is 5.37. The first kappa shape index (κ1) is 16.4. The van der Waals surface area contributed by atoms with Crippen molar-refractivity contribution >= 4 is 27.6 Å². The largest absolute Gasteiger partial charge is 0.465 e. The number of methoxy groups -OCH3 is 1. The molecule has 0 saturated carbocycles. The van der Waals surface area contributed by atoms with Gasteiger partial charge in [-0.2, -0.15) is 0 Å². The number of esters is 1. The van der Waals surface area contributed by atoms with Crippen molar-refractivity contribution in [3.8, 4) is 0 Å². The second-order valence-electron chi connectivity index (χ2n) is 6.74. The molecule has 25 heavy (non-hydrogen) atoms. The summed E-state index contributed by atoms with van der Waals surface area (Å²) >= 11 is 3.51. The normalized spacial score (nSPS) is 23.6. The summed E-state index contributed by atoms with van der Waals surface area (Å²) in [7, 11) is 1.44. The van der Waals surface area contributed by atoms with E-state index in [1.54, 1.807) is 0 Å². The number of allylic oxidation sites excluding steroid dienone is 2. The maximum absolute atomic E-state index is 12.3. The van der Waals surface area contributed by atoms with Crippen LogP contribution in [0.4, 0.5) is 5.69 Å². The molecule has 0 radical (unpaired) electrons. The Hall–Kier alpha value is -2.07. The van der Waals surface area contributed by atoms with E-state index in [0.29, 0.717) is 11.5 Å². The molecule has 0 fully saturated rings. The van der Waals surface area contributed by atoms with Gasteiger partial charge in [-0.1, -0.05) is 46.3 Å². The van der Waals surface area contributed by atoms with Crippen LogP contribution < -0.4 is 5.32 Å². The molecular weight excluding hydrogens is 378 g/mol. The van der Waals surface area contributed by atoms with Gasteiger partial charge in [0.05, 0.1) is 18.7 Å². The number of anilines is 1. The summed E-state index contributed by atoms with van der Waals surface area (Å²) in [6, 6.07) is 12.6. The van der Waals surface area contributed by atoms with E-state index < -0.39 is 0 Å². The molecular formula is C21H20BrNO2. The molecule has 128 valence electrons. The first-order valence-electron chi connectivity index (χ1n) is 8.50. The van der Waals surface area contributed by atoms with Crippen LogP contribution in [-0.4, -0.2) is 13.1 Å². The predicted molar refractivity (Wildman–Crippen MR) is 103 cm³/mol. The molecule has 2 aromatic rings. The van der Waals surface area contributed by atoms with Crippen LogP contribution in [-0.2, 0) is 4.74 Å². The zero-order valence-electron chi connectivity index (χ0n) is 14.3. The summed E-state index contributed by atoms with van der Waals surface area (Å²) < 4.78 is 6.10. The Morgan fingerprint density at radius 3 is 2.68 bits per heavy atom. The Kier molecular flexibility index (Phi) is 4.16. The lowest BCUT2D eigenvalue weighted by Crippen LogP contribution is -2.31. The van der Waals surface area contributed by atoms with Gasteiger partial charge >= 0.3 is 5.97 Å². The zero-order valence-corrected chi connectivity index (χ0v) is 15.8. The number of ether oxygens (including phenoxy) is 1. The molecule has 1 aliphatic carbocycles. The van der Waals surface area contributed by atoms with E-state index in [0.717, 1.165) is 27.7 Å². The molecule has 0 aromatic heterocycles. The van der Waals surface area contributed by atoms with Gasteiger partial charge < -0.3 is 10.1 Å². The number of carbonyl (C=O) groups excluding carboxylic acids is 1. The van der Waals surface area contributed by atoms with E-state index in [2.05, 4.69) is 64.6 Å². The SMILES string of the molecule is COC(=O)c1ccc(C)c2c1C1C=CCC1C(c1ccc(Br)cc1)N2. The monoisotopic (exact) mass is 397 g/mol. The number of fused-ring (bicyclic) bond motifs is 3. The van der Waals surface area contributed by atoms with Gasteiger partial charge in [0.15, 0.2) is 0 Å². The minimum absolute atomic E-state index is 0.229. The number of carbonyl (C=O) groups is 1. The molecule has 0 bridgehead atoms. The van der Waals surface area contributed by atoms with E-state index in [4.69, 9.17) is 4.74 Å². The third-order valence-corrected chi connectivity index (χ3v) is 5.89. The molecule has 1 aliphatic heterocycles. The van der Waals surface area contributed by atoms with Crippen LogP contribution in [0, 0.1) is 12.8 Å². The number of aryl methyl sites for hydroxylation is 1. The summed E-state index contributed by atoms with van der Waals surface area (Å²) in [4.78, 5) is 12.3. The highest BCUT2D eigenvalue weighted by atomic mass is 79.9. The maximum Gasteiger partial charge on any atom is 0.338 e. The van der Waals surface area contributed by atoms with Gasteiger partial charge in [-0.15, -0.1) is 0 Å². The lowest BCUT2D eigenvalue weighted by atomic mass is 9.75. The second kappa shape index (κ2) is 6.34. The fourth-order valence-electron chi connectivity index (χ4n) is 4.14. The minimum atomic E-state index is -0.265. The van der Waals surface area contributed by atoms with Crippen LogP contribution in [0.2, 0.25) is 0 Å². The number of hydrogen-bond acceptors (Lipinski definition) is 3. The molecule has 0 spiro atoms. The Balaban J connectivity index is 1.85. The summed E-state index contributed by atoms with van der Waals surface area (Å²) in [6.07, 6.45) is 5.50. The second-order valence-corrected chi connectivity index (χ2v) is 7.65. The third-order valence-electron chi connectivity index (χ3n) is 5.36. The molecule has 3 nitrogen and oxygen atoms in total. The van der Waals surface area contributed by atoms with Crippen molar-refractivity contribution in [2.75, 3.05) is 12.4 Å². The van der Waals surface area contributed by atoms with E-state index in [9.17, 15) is 4.79 Å². The molecule has 2 aromatic carbocycles.